The predicted octanol–water partition coefficient (Wildman–Crippen LogP) is 4.43. The number of halogens is 1. The summed E-state index contributed by atoms with van der Waals surface area (Å²) >= 11 is 6.17. The number of ether oxygens (including phenoxy) is 1. The average Bonchev–Trinajstić information content (AvgIpc) is 2.46. The van der Waals surface area contributed by atoms with Gasteiger partial charge in [0.2, 0.25) is 0 Å². The van der Waals surface area contributed by atoms with E-state index >= 15 is 0 Å². The number of aryl methyl sites for hydroxylation is 1. The molecular formula is C17H20ClNO. The fourth-order valence-electron chi connectivity index (χ4n) is 2.25. The minimum atomic E-state index is 0.740. The maximum atomic E-state index is 6.17. The van der Waals surface area contributed by atoms with E-state index in [2.05, 4.69) is 37.4 Å². The van der Waals surface area contributed by atoms with Crippen LogP contribution in [0.15, 0.2) is 36.4 Å². The van der Waals surface area contributed by atoms with Gasteiger partial charge in [0.05, 0.1) is 7.11 Å². The summed E-state index contributed by atoms with van der Waals surface area (Å²) in [6.07, 6.45) is 0. The zero-order valence-corrected chi connectivity index (χ0v) is 12.9. The molecule has 0 spiro atoms. The molecule has 0 heterocycles. The van der Waals surface area contributed by atoms with Gasteiger partial charge < -0.3 is 10.1 Å². The molecule has 0 saturated heterocycles. The normalized spacial score (nSPS) is 10.6. The second-order valence-electron chi connectivity index (χ2n) is 4.79. The maximum absolute atomic E-state index is 6.17. The van der Waals surface area contributed by atoms with Gasteiger partial charge in [0.1, 0.15) is 5.75 Å². The highest BCUT2D eigenvalue weighted by molar-refractivity contribution is 6.30. The first-order chi connectivity index (χ1) is 9.65. The second kappa shape index (κ2) is 6.78. The molecule has 0 aromatic heterocycles. The Kier molecular flexibility index (Phi) is 5.05. The van der Waals surface area contributed by atoms with Crippen molar-refractivity contribution in [1.29, 1.82) is 0 Å². The van der Waals surface area contributed by atoms with Gasteiger partial charge >= 0.3 is 0 Å². The van der Waals surface area contributed by atoms with Crippen LogP contribution in [0.2, 0.25) is 5.02 Å². The monoisotopic (exact) mass is 289 g/mol. The second-order valence-corrected chi connectivity index (χ2v) is 5.22. The van der Waals surface area contributed by atoms with Crippen molar-refractivity contribution < 1.29 is 4.74 Å². The summed E-state index contributed by atoms with van der Waals surface area (Å²) in [5, 5.41) is 4.10. The molecule has 20 heavy (non-hydrogen) atoms. The molecule has 0 radical (unpaired) electrons. The molecule has 0 aliphatic heterocycles. The molecule has 0 aliphatic carbocycles. The van der Waals surface area contributed by atoms with Crippen molar-refractivity contribution in [2.75, 3.05) is 13.7 Å². The van der Waals surface area contributed by atoms with Crippen LogP contribution in [0.3, 0.4) is 0 Å². The van der Waals surface area contributed by atoms with E-state index < -0.39 is 0 Å². The van der Waals surface area contributed by atoms with Gasteiger partial charge in [0.15, 0.2) is 0 Å². The molecule has 3 heteroatoms. The minimum Gasteiger partial charge on any atom is -0.496 e. The molecular weight excluding hydrogens is 270 g/mol. The maximum Gasteiger partial charge on any atom is 0.126 e. The highest BCUT2D eigenvalue weighted by Gasteiger charge is 2.11. The Morgan fingerprint density at radius 1 is 1.10 bits per heavy atom. The van der Waals surface area contributed by atoms with Crippen LogP contribution < -0.4 is 10.1 Å². The average molecular weight is 290 g/mol. The minimum absolute atomic E-state index is 0.740. The molecule has 0 amide bonds. The number of rotatable bonds is 5. The standard InChI is InChI=1S/C17H20ClNO/c1-4-19-11-13-6-7-14(18)10-15(13)16-9-12(2)5-8-17(16)20-3/h5-10,19H,4,11H2,1-3H3. The van der Waals surface area contributed by atoms with Crippen LogP contribution in [0.25, 0.3) is 11.1 Å². The van der Waals surface area contributed by atoms with Gasteiger partial charge in [0, 0.05) is 17.1 Å². The van der Waals surface area contributed by atoms with E-state index in [4.69, 9.17) is 16.3 Å². The Morgan fingerprint density at radius 3 is 2.60 bits per heavy atom. The first kappa shape index (κ1) is 14.9. The largest absolute Gasteiger partial charge is 0.496 e. The lowest BCUT2D eigenvalue weighted by Crippen LogP contribution is -2.12. The van der Waals surface area contributed by atoms with E-state index in [1.165, 1.54) is 11.1 Å². The first-order valence-electron chi connectivity index (χ1n) is 6.80. The fourth-order valence-corrected chi connectivity index (χ4v) is 2.42. The van der Waals surface area contributed by atoms with Crippen molar-refractivity contribution in [2.24, 2.45) is 0 Å². The third-order valence-electron chi connectivity index (χ3n) is 3.28. The molecule has 0 bridgehead atoms. The molecule has 1 N–H and O–H groups in total. The van der Waals surface area contributed by atoms with Gasteiger partial charge in [-0.1, -0.05) is 36.2 Å². The van der Waals surface area contributed by atoms with Crippen LogP contribution in [-0.2, 0) is 6.54 Å². The van der Waals surface area contributed by atoms with E-state index in [0.29, 0.717) is 0 Å². The van der Waals surface area contributed by atoms with Gasteiger partial charge in [-0.05, 0) is 48.9 Å². The molecule has 0 saturated carbocycles. The van der Waals surface area contributed by atoms with Crippen molar-refractivity contribution in [1.82, 2.24) is 5.32 Å². The molecule has 106 valence electrons. The smallest absolute Gasteiger partial charge is 0.126 e. The third kappa shape index (κ3) is 3.33. The number of nitrogens with one attached hydrogen (secondary N) is 1. The van der Waals surface area contributed by atoms with Crippen molar-refractivity contribution >= 4 is 11.6 Å². The fraction of sp³-hybridized carbons (Fsp3) is 0.294. The first-order valence-corrected chi connectivity index (χ1v) is 7.17. The molecule has 0 fully saturated rings. The molecule has 0 atom stereocenters. The SMILES string of the molecule is CCNCc1ccc(Cl)cc1-c1cc(C)ccc1OC. The van der Waals surface area contributed by atoms with Crippen LogP contribution in [0, 0.1) is 6.92 Å². The molecule has 2 nitrogen and oxygen atoms in total. The van der Waals surface area contributed by atoms with Crippen molar-refractivity contribution in [3.05, 3.63) is 52.5 Å². The Balaban J connectivity index is 2.55. The highest BCUT2D eigenvalue weighted by atomic mass is 35.5. The summed E-state index contributed by atoms with van der Waals surface area (Å²) in [7, 11) is 1.70. The lowest BCUT2D eigenvalue weighted by molar-refractivity contribution is 0.416. The molecule has 2 rings (SSSR count). The number of hydrogen-bond acceptors (Lipinski definition) is 2. The summed E-state index contributed by atoms with van der Waals surface area (Å²) in [6.45, 7) is 5.94. The molecule has 2 aromatic carbocycles. The molecule has 0 unspecified atom stereocenters. The lowest BCUT2D eigenvalue weighted by Gasteiger charge is -2.15. The van der Waals surface area contributed by atoms with Crippen molar-refractivity contribution in [3.8, 4) is 16.9 Å². The van der Waals surface area contributed by atoms with Gasteiger partial charge in [-0.25, -0.2) is 0 Å². The van der Waals surface area contributed by atoms with Crippen LogP contribution in [-0.4, -0.2) is 13.7 Å². The quantitative estimate of drug-likeness (QED) is 0.879. The molecule has 2 aromatic rings. The summed E-state index contributed by atoms with van der Waals surface area (Å²) in [4.78, 5) is 0. The highest BCUT2D eigenvalue weighted by Crippen LogP contribution is 2.34. The number of methoxy groups -OCH3 is 1. The van der Waals surface area contributed by atoms with Crippen molar-refractivity contribution in [2.45, 2.75) is 20.4 Å². The van der Waals surface area contributed by atoms with Crippen LogP contribution in [0.5, 0.6) is 5.75 Å². The Hall–Kier alpha value is -1.51. The van der Waals surface area contributed by atoms with Crippen molar-refractivity contribution in [3.63, 3.8) is 0 Å². The van der Waals surface area contributed by atoms with E-state index in [9.17, 15) is 0 Å². The van der Waals surface area contributed by atoms with E-state index in [1.807, 2.05) is 18.2 Å². The van der Waals surface area contributed by atoms with Crippen LogP contribution in [0.4, 0.5) is 0 Å². The Bertz CT molecular complexity index is 596. The predicted molar refractivity (Wildman–Crippen MR) is 85.6 cm³/mol. The summed E-state index contributed by atoms with van der Waals surface area (Å²) in [5.41, 5.74) is 4.64. The lowest BCUT2D eigenvalue weighted by atomic mass is 9.97. The topological polar surface area (TPSA) is 21.3 Å². The van der Waals surface area contributed by atoms with E-state index in [-0.39, 0.29) is 0 Å². The summed E-state index contributed by atoms with van der Waals surface area (Å²) in [6, 6.07) is 12.2. The molecule has 0 aliphatic rings. The number of benzene rings is 2. The van der Waals surface area contributed by atoms with E-state index in [0.717, 1.165) is 35.0 Å². The summed E-state index contributed by atoms with van der Waals surface area (Å²) < 4.78 is 5.49. The van der Waals surface area contributed by atoms with Gasteiger partial charge in [-0.15, -0.1) is 0 Å². The van der Waals surface area contributed by atoms with Gasteiger partial charge in [-0.2, -0.15) is 0 Å². The zero-order valence-electron chi connectivity index (χ0n) is 12.2. The van der Waals surface area contributed by atoms with Crippen LogP contribution >= 0.6 is 11.6 Å². The number of hydrogen-bond donors (Lipinski definition) is 1. The summed E-state index contributed by atoms with van der Waals surface area (Å²) in [5.74, 6) is 0.871. The van der Waals surface area contributed by atoms with E-state index in [1.54, 1.807) is 7.11 Å². The van der Waals surface area contributed by atoms with Gasteiger partial charge in [0.25, 0.3) is 0 Å². The Labute approximate surface area is 125 Å². The Morgan fingerprint density at radius 2 is 1.90 bits per heavy atom. The third-order valence-corrected chi connectivity index (χ3v) is 3.52. The van der Waals surface area contributed by atoms with Crippen LogP contribution in [0.1, 0.15) is 18.1 Å². The van der Waals surface area contributed by atoms with Gasteiger partial charge in [-0.3, -0.25) is 0 Å². The zero-order chi connectivity index (χ0) is 14.5.